The highest BCUT2D eigenvalue weighted by Gasteiger charge is 2.19. The molecule has 0 aliphatic carbocycles. The minimum atomic E-state index is -0.374. The van der Waals surface area contributed by atoms with Gasteiger partial charge in [0.1, 0.15) is 0 Å². The number of β-amino-alcohol motifs (C(OH)–C–C–N with tert-alkyl or cyclic N) is 1. The molecule has 1 fully saturated rings. The Hall–Kier alpha value is -0.460. The van der Waals surface area contributed by atoms with E-state index < -0.39 is 0 Å². The van der Waals surface area contributed by atoms with Crippen molar-refractivity contribution >= 4 is 11.3 Å². The first-order valence-electron chi connectivity index (χ1n) is 7.40. The molecule has 0 aromatic carbocycles. The molecule has 20 heavy (non-hydrogen) atoms. The van der Waals surface area contributed by atoms with Crippen molar-refractivity contribution < 1.29 is 9.84 Å². The Morgan fingerprint density at radius 3 is 2.55 bits per heavy atom. The zero-order chi connectivity index (χ0) is 14.4. The molecule has 4 nitrogen and oxygen atoms in total. The number of piperazine rings is 1. The van der Waals surface area contributed by atoms with Crippen LogP contribution in [-0.2, 0) is 11.3 Å². The third-order valence-electron chi connectivity index (χ3n) is 3.52. The largest absolute Gasteiger partial charge is 0.389 e. The van der Waals surface area contributed by atoms with E-state index in [0.717, 1.165) is 39.3 Å². The summed E-state index contributed by atoms with van der Waals surface area (Å²) in [7, 11) is 0. The van der Waals surface area contributed by atoms with E-state index in [1.54, 1.807) is 0 Å². The average Bonchev–Trinajstić information content (AvgIpc) is 2.92. The van der Waals surface area contributed by atoms with Crippen LogP contribution in [-0.4, -0.2) is 66.4 Å². The van der Waals surface area contributed by atoms with Crippen molar-refractivity contribution in [2.24, 2.45) is 0 Å². The first-order valence-corrected chi connectivity index (χ1v) is 8.28. The maximum Gasteiger partial charge on any atom is 0.0900 e. The van der Waals surface area contributed by atoms with Crippen LogP contribution in [0.15, 0.2) is 17.5 Å². The van der Waals surface area contributed by atoms with Crippen molar-refractivity contribution in [3.05, 3.63) is 22.4 Å². The lowest BCUT2D eigenvalue weighted by Gasteiger charge is -2.35. The SMILES string of the molecule is CC(C)OCC(O)CN1CCN(Cc2cccs2)CC1. The summed E-state index contributed by atoms with van der Waals surface area (Å²) in [5.74, 6) is 0. The molecule has 1 aromatic rings. The van der Waals surface area contributed by atoms with Gasteiger partial charge in [0, 0.05) is 44.1 Å². The van der Waals surface area contributed by atoms with Gasteiger partial charge < -0.3 is 9.84 Å². The van der Waals surface area contributed by atoms with Crippen molar-refractivity contribution in [3.63, 3.8) is 0 Å². The van der Waals surface area contributed by atoms with Gasteiger partial charge in [-0.2, -0.15) is 0 Å². The molecule has 1 atom stereocenters. The fourth-order valence-corrected chi connectivity index (χ4v) is 3.15. The van der Waals surface area contributed by atoms with E-state index in [2.05, 4.69) is 27.3 Å². The van der Waals surface area contributed by atoms with Gasteiger partial charge in [0.15, 0.2) is 0 Å². The summed E-state index contributed by atoms with van der Waals surface area (Å²) in [6.45, 7) is 10.4. The molecule has 1 N–H and O–H groups in total. The van der Waals surface area contributed by atoms with Crippen molar-refractivity contribution in [1.29, 1.82) is 0 Å². The van der Waals surface area contributed by atoms with Crippen LogP contribution in [0.25, 0.3) is 0 Å². The van der Waals surface area contributed by atoms with Gasteiger partial charge in [0.25, 0.3) is 0 Å². The minimum Gasteiger partial charge on any atom is -0.389 e. The van der Waals surface area contributed by atoms with Crippen molar-refractivity contribution in [2.45, 2.75) is 32.6 Å². The number of hydrogen-bond donors (Lipinski definition) is 1. The Bertz CT molecular complexity index is 362. The van der Waals surface area contributed by atoms with Gasteiger partial charge in [-0.1, -0.05) is 6.07 Å². The fraction of sp³-hybridized carbons (Fsp3) is 0.733. The Morgan fingerprint density at radius 2 is 1.95 bits per heavy atom. The predicted octanol–water partition coefficient (Wildman–Crippen LogP) is 1.65. The molecule has 0 bridgehead atoms. The number of nitrogens with zero attached hydrogens (tertiary/aromatic N) is 2. The Morgan fingerprint density at radius 1 is 1.25 bits per heavy atom. The first-order chi connectivity index (χ1) is 9.63. The Kier molecular flexibility index (Phi) is 6.45. The molecule has 0 amide bonds. The van der Waals surface area contributed by atoms with Gasteiger partial charge in [-0.25, -0.2) is 0 Å². The van der Waals surface area contributed by atoms with Crippen LogP contribution >= 0.6 is 11.3 Å². The second kappa shape index (κ2) is 8.10. The molecule has 0 radical (unpaired) electrons. The summed E-state index contributed by atoms with van der Waals surface area (Å²) in [5, 5.41) is 12.1. The van der Waals surface area contributed by atoms with Gasteiger partial charge in [0.05, 0.1) is 18.8 Å². The number of ether oxygens (including phenoxy) is 1. The maximum atomic E-state index is 9.95. The molecule has 1 unspecified atom stereocenters. The Balaban J connectivity index is 1.63. The van der Waals surface area contributed by atoms with E-state index in [0.29, 0.717) is 6.61 Å². The van der Waals surface area contributed by atoms with Gasteiger partial charge in [-0.05, 0) is 25.3 Å². The second-order valence-electron chi connectivity index (χ2n) is 5.69. The predicted molar refractivity (Wildman–Crippen MR) is 83.1 cm³/mol. The zero-order valence-electron chi connectivity index (χ0n) is 12.5. The van der Waals surface area contributed by atoms with Crippen LogP contribution < -0.4 is 0 Å². The molecule has 114 valence electrons. The fourth-order valence-electron chi connectivity index (χ4n) is 2.41. The number of thiophene rings is 1. The highest BCUT2D eigenvalue weighted by atomic mass is 32.1. The van der Waals surface area contributed by atoms with Crippen molar-refractivity contribution in [1.82, 2.24) is 9.80 Å². The molecule has 1 aliphatic heterocycles. The average molecular weight is 298 g/mol. The van der Waals surface area contributed by atoms with Crippen LogP contribution in [0.3, 0.4) is 0 Å². The normalized spacial score (nSPS) is 19.6. The quantitative estimate of drug-likeness (QED) is 0.830. The summed E-state index contributed by atoms with van der Waals surface area (Å²) in [5.41, 5.74) is 0. The molecule has 2 heterocycles. The molecule has 2 rings (SSSR count). The monoisotopic (exact) mass is 298 g/mol. The Labute approximate surface area is 126 Å². The maximum absolute atomic E-state index is 9.95. The lowest BCUT2D eigenvalue weighted by atomic mass is 10.2. The molecule has 0 saturated carbocycles. The number of aliphatic hydroxyl groups is 1. The van der Waals surface area contributed by atoms with Gasteiger partial charge >= 0.3 is 0 Å². The molecular formula is C15H26N2O2S. The standard InChI is InChI=1S/C15H26N2O2S/c1-13(2)19-12-14(18)10-16-5-7-17(8-6-16)11-15-4-3-9-20-15/h3-4,9,13-14,18H,5-8,10-12H2,1-2H3. The van der Waals surface area contributed by atoms with E-state index >= 15 is 0 Å². The van der Waals surface area contributed by atoms with E-state index in [1.807, 2.05) is 25.2 Å². The van der Waals surface area contributed by atoms with Gasteiger partial charge in [-0.3, -0.25) is 9.80 Å². The summed E-state index contributed by atoms with van der Waals surface area (Å²) >= 11 is 1.83. The van der Waals surface area contributed by atoms with Crippen molar-refractivity contribution in [3.8, 4) is 0 Å². The molecule has 1 aromatic heterocycles. The van der Waals surface area contributed by atoms with Crippen LogP contribution in [0.4, 0.5) is 0 Å². The lowest BCUT2D eigenvalue weighted by Crippen LogP contribution is -2.48. The van der Waals surface area contributed by atoms with Gasteiger partial charge in [0.2, 0.25) is 0 Å². The summed E-state index contributed by atoms with van der Waals surface area (Å²) in [6.07, 6.45) is -0.187. The second-order valence-corrected chi connectivity index (χ2v) is 6.72. The highest BCUT2D eigenvalue weighted by Crippen LogP contribution is 2.13. The number of hydrogen-bond acceptors (Lipinski definition) is 5. The molecule has 1 aliphatic rings. The van der Waals surface area contributed by atoms with Crippen molar-refractivity contribution in [2.75, 3.05) is 39.3 Å². The number of rotatable bonds is 7. The van der Waals surface area contributed by atoms with E-state index in [9.17, 15) is 5.11 Å². The van der Waals surface area contributed by atoms with Crippen LogP contribution in [0.2, 0.25) is 0 Å². The molecule has 1 saturated heterocycles. The summed E-state index contributed by atoms with van der Waals surface area (Å²) in [6, 6.07) is 4.31. The van der Waals surface area contributed by atoms with E-state index in [-0.39, 0.29) is 12.2 Å². The molecular weight excluding hydrogens is 272 g/mol. The first kappa shape index (κ1) is 15.9. The summed E-state index contributed by atoms with van der Waals surface area (Å²) < 4.78 is 5.45. The molecule has 0 spiro atoms. The van der Waals surface area contributed by atoms with Crippen LogP contribution in [0.5, 0.6) is 0 Å². The minimum absolute atomic E-state index is 0.187. The number of aliphatic hydroxyl groups excluding tert-OH is 1. The lowest BCUT2D eigenvalue weighted by molar-refractivity contribution is -0.0148. The summed E-state index contributed by atoms with van der Waals surface area (Å²) in [4.78, 5) is 6.25. The van der Waals surface area contributed by atoms with E-state index in [4.69, 9.17) is 4.74 Å². The van der Waals surface area contributed by atoms with Gasteiger partial charge in [-0.15, -0.1) is 11.3 Å². The highest BCUT2D eigenvalue weighted by molar-refractivity contribution is 7.09. The van der Waals surface area contributed by atoms with Crippen LogP contribution in [0, 0.1) is 0 Å². The van der Waals surface area contributed by atoms with E-state index in [1.165, 1.54) is 4.88 Å². The topological polar surface area (TPSA) is 35.9 Å². The smallest absolute Gasteiger partial charge is 0.0900 e. The third-order valence-corrected chi connectivity index (χ3v) is 4.38. The third kappa shape index (κ3) is 5.50. The van der Waals surface area contributed by atoms with Crippen LogP contribution in [0.1, 0.15) is 18.7 Å². The molecule has 5 heteroatoms. The zero-order valence-corrected chi connectivity index (χ0v) is 13.3.